The molecule has 0 bridgehead atoms. The number of hydrogen-bond donors (Lipinski definition) is 0. The van der Waals surface area contributed by atoms with E-state index in [1.165, 1.54) is 116 Å². The minimum absolute atomic E-state index is 0.111. The van der Waals surface area contributed by atoms with Crippen molar-refractivity contribution >= 4 is 12.3 Å². The smallest absolute Gasteiger partial charge is 0.306 e. The first kappa shape index (κ1) is 33.1. The molecule has 0 aromatic heterocycles. The second-order valence-corrected chi connectivity index (χ2v) is 11.0. The zero-order valence-corrected chi connectivity index (χ0v) is 23.4. The Labute approximate surface area is 213 Å². The molecule has 0 aliphatic rings. The fourth-order valence-electron chi connectivity index (χ4n) is 4.67. The van der Waals surface area contributed by atoms with E-state index in [-0.39, 0.29) is 12.1 Å². The maximum Gasteiger partial charge on any atom is 0.306 e. The van der Waals surface area contributed by atoms with Crippen LogP contribution in [0.2, 0.25) is 0 Å². The minimum Gasteiger partial charge on any atom is -0.462 e. The van der Waals surface area contributed by atoms with E-state index in [4.69, 9.17) is 4.74 Å². The van der Waals surface area contributed by atoms with Crippen molar-refractivity contribution in [2.24, 2.45) is 5.92 Å². The minimum atomic E-state index is -0.209. The monoisotopic (exact) mass is 480 g/mol. The lowest BCUT2D eigenvalue weighted by atomic mass is 10.0. The summed E-state index contributed by atoms with van der Waals surface area (Å²) in [5.41, 5.74) is 0. The molecule has 0 aromatic rings. The van der Waals surface area contributed by atoms with Gasteiger partial charge in [0.1, 0.15) is 12.4 Å². The highest BCUT2D eigenvalue weighted by Crippen LogP contribution is 2.16. The quantitative estimate of drug-likeness (QED) is 0.0667. The topological polar surface area (TPSA) is 43.4 Å². The fourth-order valence-corrected chi connectivity index (χ4v) is 4.67. The summed E-state index contributed by atoms with van der Waals surface area (Å²) in [6.45, 7) is 6.87. The lowest BCUT2D eigenvalue weighted by molar-refractivity contribution is -0.150. The summed E-state index contributed by atoms with van der Waals surface area (Å²) in [4.78, 5) is 23.2. The molecular formula is C31H60O3. The van der Waals surface area contributed by atoms with Gasteiger partial charge in [-0.3, -0.25) is 4.79 Å². The van der Waals surface area contributed by atoms with Gasteiger partial charge in [0.2, 0.25) is 0 Å². The number of carbonyl (C=O) groups excluding carboxylic acids is 2. The van der Waals surface area contributed by atoms with Crippen molar-refractivity contribution in [2.45, 2.75) is 181 Å². The second kappa shape index (κ2) is 26.7. The van der Waals surface area contributed by atoms with Gasteiger partial charge in [-0.25, -0.2) is 0 Å². The molecule has 0 spiro atoms. The highest BCUT2D eigenvalue weighted by Gasteiger charge is 2.13. The Kier molecular flexibility index (Phi) is 26.1. The third kappa shape index (κ3) is 25.8. The first-order valence-corrected chi connectivity index (χ1v) is 15.2. The molecule has 3 heteroatoms. The summed E-state index contributed by atoms with van der Waals surface area (Å²) < 4.78 is 5.61. The van der Waals surface area contributed by atoms with Gasteiger partial charge in [-0.15, -0.1) is 0 Å². The van der Waals surface area contributed by atoms with E-state index >= 15 is 0 Å². The Hall–Kier alpha value is -0.860. The Balaban J connectivity index is 3.57. The van der Waals surface area contributed by atoms with Crippen LogP contribution in [0.25, 0.3) is 0 Å². The molecule has 0 amide bonds. The third-order valence-corrected chi connectivity index (χ3v) is 6.95. The van der Waals surface area contributed by atoms with Crippen molar-refractivity contribution in [1.29, 1.82) is 0 Å². The van der Waals surface area contributed by atoms with Crippen LogP contribution < -0.4 is 0 Å². The molecule has 34 heavy (non-hydrogen) atoms. The zero-order chi connectivity index (χ0) is 25.1. The molecule has 202 valence electrons. The van der Waals surface area contributed by atoms with Crippen LogP contribution in [0, 0.1) is 5.92 Å². The SMILES string of the molecule is CCCCCCCCCCCCCC(CC=O)OC(=O)CCCCCCCCCCCC(C)C. The van der Waals surface area contributed by atoms with Crippen molar-refractivity contribution in [3.63, 3.8) is 0 Å². The molecular weight excluding hydrogens is 420 g/mol. The van der Waals surface area contributed by atoms with Gasteiger partial charge >= 0.3 is 5.97 Å². The molecule has 0 saturated heterocycles. The van der Waals surface area contributed by atoms with Gasteiger partial charge in [0.25, 0.3) is 0 Å². The zero-order valence-electron chi connectivity index (χ0n) is 23.4. The van der Waals surface area contributed by atoms with Crippen LogP contribution in [-0.2, 0) is 14.3 Å². The van der Waals surface area contributed by atoms with Crippen LogP contribution in [0.5, 0.6) is 0 Å². The summed E-state index contributed by atoms with van der Waals surface area (Å²) in [5.74, 6) is 0.727. The average Bonchev–Trinajstić information content (AvgIpc) is 2.80. The highest BCUT2D eigenvalue weighted by molar-refractivity contribution is 5.69. The molecule has 0 heterocycles. The highest BCUT2D eigenvalue weighted by atomic mass is 16.5. The van der Waals surface area contributed by atoms with Gasteiger partial charge in [0, 0.05) is 12.8 Å². The van der Waals surface area contributed by atoms with Crippen molar-refractivity contribution in [3.8, 4) is 0 Å². The average molecular weight is 481 g/mol. The number of carbonyl (C=O) groups is 2. The molecule has 0 saturated carbocycles. The van der Waals surface area contributed by atoms with Crippen molar-refractivity contribution in [2.75, 3.05) is 0 Å². The van der Waals surface area contributed by atoms with E-state index in [0.29, 0.717) is 12.8 Å². The molecule has 0 aliphatic heterocycles. The maximum atomic E-state index is 12.2. The van der Waals surface area contributed by atoms with Crippen LogP contribution >= 0.6 is 0 Å². The lowest BCUT2D eigenvalue weighted by Gasteiger charge is -2.15. The van der Waals surface area contributed by atoms with E-state index in [9.17, 15) is 9.59 Å². The van der Waals surface area contributed by atoms with E-state index < -0.39 is 0 Å². The Morgan fingerprint density at radius 1 is 0.618 bits per heavy atom. The first-order chi connectivity index (χ1) is 16.6. The molecule has 3 nitrogen and oxygen atoms in total. The predicted octanol–water partition coefficient (Wildman–Crippen LogP) is 10.1. The Morgan fingerprint density at radius 3 is 1.47 bits per heavy atom. The van der Waals surface area contributed by atoms with E-state index in [1.54, 1.807) is 0 Å². The summed E-state index contributed by atoms with van der Waals surface area (Å²) in [6.07, 6.45) is 29.5. The number of ether oxygens (including phenoxy) is 1. The molecule has 0 aromatic carbocycles. The normalized spacial score (nSPS) is 12.2. The van der Waals surface area contributed by atoms with Crippen LogP contribution in [0.4, 0.5) is 0 Å². The molecule has 1 atom stereocenters. The summed E-state index contributed by atoms with van der Waals surface area (Å²) in [6, 6.07) is 0. The predicted molar refractivity (Wildman–Crippen MR) is 147 cm³/mol. The van der Waals surface area contributed by atoms with Crippen LogP contribution in [-0.4, -0.2) is 18.4 Å². The van der Waals surface area contributed by atoms with Gasteiger partial charge in [0.15, 0.2) is 0 Å². The van der Waals surface area contributed by atoms with Gasteiger partial charge in [-0.1, -0.05) is 143 Å². The van der Waals surface area contributed by atoms with Gasteiger partial charge in [-0.05, 0) is 25.2 Å². The summed E-state index contributed by atoms with van der Waals surface area (Å²) >= 11 is 0. The van der Waals surface area contributed by atoms with Crippen molar-refractivity contribution in [1.82, 2.24) is 0 Å². The van der Waals surface area contributed by atoms with Crippen LogP contribution in [0.15, 0.2) is 0 Å². The van der Waals surface area contributed by atoms with Gasteiger partial charge < -0.3 is 9.53 Å². The van der Waals surface area contributed by atoms with Crippen molar-refractivity contribution in [3.05, 3.63) is 0 Å². The van der Waals surface area contributed by atoms with E-state index in [1.807, 2.05) is 0 Å². The second-order valence-electron chi connectivity index (χ2n) is 11.0. The number of aldehydes is 1. The molecule has 0 rings (SSSR count). The number of esters is 1. The van der Waals surface area contributed by atoms with Crippen LogP contribution in [0.1, 0.15) is 175 Å². The summed E-state index contributed by atoms with van der Waals surface area (Å²) in [5, 5.41) is 0. The lowest BCUT2D eigenvalue weighted by Crippen LogP contribution is -2.18. The molecule has 0 fully saturated rings. The Bertz CT molecular complexity index is 432. The Morgan fingerprint density at radius 2 is 1.03 bits per heavy atom. The first-order valence-electron chi connectivity index (χ1n) is 15.2. The number of rotatable bonds is 27. The van der Waals surface area contributed by atoms with Gasteiger partial charge in [-0.2, -0.15) is 0 Å². The van der Waals surface area contributed by atoms with Crippen molar-refractivity contribution < 1.29 is 14.3 Å². The molecule has 1 unspecified atom stereocenters. The van der Waals surface area contributed by atoms with E-state index in [2.05, 4.69) is 20.8 Å². The number of hydrogen-bond acceptors (Lipinski definition) is 3. The third-order valence-electron chi connectivity index (χ3n) is 6.95. The van der Waals surface area contributed by atoms with Gasteiger partial charge in [0.05, 0.1) is 0 Å². The fraction of sp³-hybridized carbons (Fsp3) is 0.935. The summed E-state index contributed by atoms with van der Waals surface area (Å²) in [7, 11) is 0. The van der Waals surface area contributed by atoms with E-state index in [0.717, 1.165) is 37.9 Å². The standard InChI is InChI=1S/C31H60O3/c1-4-5-6-7-8-9-10-13-16-19-22-25-30(27-28-32)34-31(33)26-23-20-17-14-11-12-15-18-21-24-29(2)3/h28-30H,4-27H2,1-3H3. The maximum absolute atomic E-state index is 12.2. The van der Waals surface area contributed by atoms with Crippen LogP contribution in [0.3, 0.4) is 0 Å². The molecule has 0 N–H and O–H groups in total. The number of unbranched alkanes of at least 4 members (excludes halogenated alkanes) is 18. The largest absolute Gasteiger partial charge is 0.462 e. The molecule has 0 radical (unpaired) electrons. The molecule has 0 aliphatic carbocycles.